The third kappa shape index (κ3) is 2.80. The van der Waals surface area contributed by atoms with Crippen LogP contribution in [-0.2, 0) is 12.8 Å². The number of hydrogen-bond acceptors (Lipinski definition) is 6. The first-order valence-corrected chi connectivity index (χ1v) is 5.23. The van der Waals surface area contributed by atoms with Crippen molar-refractivity contribution in [2.24, 2.45) is 0 Å². The van der Waals surface area contributed by atoms with E-state index in [1.807, 2.05) is 0 Å². The van der Waals surface area contributed by atoms with Gasteiger partial charge in [-0.25, -0.2) is 9.97 Å². The summed E-state index contributed by atoms with van der Waals surface area (Å²) >= 11 is 0. The molecule has 1 rings (SSSR count). The Morgan fingerprint density at radius 2 is 1.69 bits per heavy atom. The van der Waals surface area contributed by atoms with Crippen molar-refractivity contribution in [1.29, 1.82) is 0 Å². The third-order valence-corrected chi connectivity index (χ3v) is 2.20. The topological polar surface area (TPSA) is 90.3 Å². The fraction of sp³-hybridized carbons (Fsp3) is 0.600. The highest BCUT2D eigenvalue weighted by Crippen LogP contribution is 2.22. The van der Waals surface area contributed by atoms with Crippen molar-refractivity contribution in [3.05, 3.63) is 11.5 Å². The highest BCUT2D eigenvalue weighted by atomic mass is 16.3. The van der Waals surface area contributed by atoms with Gasteiger partial charge in [0.15, 0.2) is 5.82 Å². The van der Waals surface area contributed by atoms with Crippen molar-refractivity contribution in [1.82, 2.24) is 9.97 Å². The summed E-state index contributed by atoms with van der Waals surface area (Å²) in [7, 11) is 3.56. The number of aliphatic hydroxyl groups is 2. The minimum Gasteiger partial charge on any atom is -0.396 e. The molecule has 1 aromatic heterocycles. The molecule has 0 aromatic carbocycles. The molecule has 0 bridgehead atoms. The molecular formula is C10H18N4O2. The molecule has 90 valence electrons. The Kier molecular flexibility index (Phi) is 4.94. The summed E-state index contributed by atoms with van der Waals surface area (Å²) in [5, 5.41) is 23.8. The van der Waals surface area contributed by atoms with Crippen LogP contribution in [0.5, 0.6) is 0 Å². The Hall–Kier alpha value is -1.40. The number of nitrogens with zero attached hydrogens (tertiary/aromatic N) is 2. The normalized spacial score (nSPS) is 10.2. The predicted octanol–water partition coefficient (Wildman–Crippen LogP) is -0.370. The van der Waals surface area contributed by atoms with Crippen LogP contribution in [0.25, 0.3) is 0 Å². The zero-order valence-corrected chi connectivity index (χ0v) is 9.62. The van der Waals surface area contributed by atoms with Gasteiger partial charge in [0.05, 0.1) is 18.0 Å². The molecule has 4 N–H and O–H groups in total. The summed E-state index contributed by atoms with van der Waals surface area (Å²) in [5.41, 5.74) is 1.55. The van der Waals surface area contributed by atoms with Gasteiger partial charge in [-0.1, -0.05) is 0 Å². The lowest BCUT2D eigenvalue weighted by Gasteiger charge is -2.13. The van der Waals surface area contributed by atoms with Crippen molar-refractivity contribution in [2.45, 2.75) is 12.8 Å². The van der Waals surface area contributed by atoms with Gasteiger partial charge in [-0.2, -0.15) is 0 Å². The van der Waals surface area contributed by atoms with Gasteiger partial charge in [0, 0.05) is 33.5 Å². The van der Waals surface area contributed by atoms with E-state index in [0.29, 0.717) is 24.5 Å². The van der Waals surface area contributed by atoms with Gasteiger partial charge in [-0.05, 0) is 0 Å². The van der Waals surface area contributed by atoms with E-state index in [1.54, 1.807) is 14.1 Å². The van der Waals surface area contributed by atoms with Crippen LogP contribution in [0.1, 0.15) is 11.5 Å². The Balaban J connectivity index is 3.14. The van der Waals surface area contributed by atoms with Crippen molar-refractivity contribution < 1.29 is 10.2 Å². The summed E-state index contributed by atoms with van der Waals surface area (Å²) in [6.07, 6.45) is 0.878. The van der Waals surface area contributed by atoms with Crippen LogP contribution in [0.2, 0.25) is 0 Å². The van der Waals surface area contributed by atoms with Gasteiger partial charge in [0.2, 0.25) is 0 Å². The fourth-order valence-electron chi connectivity index (χ4n) is 1.50. The zero-order valence-electron chi connectivity index (χ0n) is 9.62. The number of aliphatic hydroxyl groups excluding tert-OH is 2. The third-order valence-electron chi connectivity index (χ3n) is 2.20. The minimum atomic E-state index is 0.0145. The number of anilines is 2. The molecule has 6 heteroatoms. The Labute approximate surface area is 94.7 Å². The fourth-order valence-corrected chi connectivity index (χ4v) is 1.50. The molecule has 0 amide bonds. The van der Waals surface area contributed by atoms with E-state index in [1.165, 1.54) is 0 Å². The van der Waals surface area contributed by atoms with E-state index < -0.39 is 0 Å². The summed E-state index contributed by atoms with van der Waals surface area (Å²) in [5.74, 6) is 1.26. The molecule has 0 aliphatic rings. The van der Waals surface area contributed by atoms with E-state index in [0.717, 1.165) is 11.4 Å². The quantitative estimate of drug-likeness (QED) is 0.529. The molecule has 0 atom stereocenters. The summed E-state index contributed by atoms with van der Waals surface area (Å²) < 4.78 is 0. The maximum absolute atomic E-state index is 8.97. The van der Waals surface area contributed by atoms with Crippen LogP contribution >= 0.6 is 0 Å². The van der Waals surface area contributed by atoms with Gasteiger partial charge >= 0.3 is 0 Å². The Bertz CT molecular complexity index is 344. The molecule has 16 heavy (non-hydrogen) atoms. The highest BCUT2D eigenvalue weighted by molar-refractivity contribution is 5.66. The van der Waals surface area contributed by atoms with Gasteiger partial charge < -0.3 is 20.8 Å². The van der Waals surface area contributed by atoms with Gasteiger partial charge in [0.25, 0.3) is 0 Å². The van der Waals surface area contributed by atoms with E-state index >= 15 is 0 Å². The second-order valence-corrected chi connectivity index (χ2v) is 3.26. The van der Waals surface area contributed by atoms with Crippen molar-refractivity contribution >= 4 is 11.5 Å². The summed E-state index contributed by atoms with van der Waals surface area (Å²) in [6.45, 7) is 0.0496. The summed E-state index contributed by atoms with van der Waals surface area (Å²) in [4.78, 5) is 8.57. The van der Waals surface area contributed by atoms with Crippen molar-refractivity contribution in [3.8, 4) is 0 Å². The Morgan fingerprint density at radius 1 is 1.00 bits per heavy atom. The lowest BCUT2D eigenvalue weighted by atomic mass is 10.2. The lowest BCUT2D eigenvalue weighted by molar-refractivity contribution is 0.294. The largest absolute Gasteiger partial charge is 0.396 e. The molecule has 0 unspecified atom stereocenters. The van der Waals surface area contributed by atoms with Crippen LogP contribution in [0.4, 0.5) is 11.5 Å². The van der Waals surface area contributed by atoms with Gasteiger partial charge in [-0.3, -0.25) is 0 Å². The number of nitrogens with one attached hydrogen (secondary N) is 2. The van der Waals surface area contributed by atoms with E-state index in [2.05, 4.69) is 20.6 Å². The van der Waals surface area contributed by atoms with Crippen LogP contribution in [0.15, 0.2) is 0 Å². The maximum Gasteiger partial charge on any atom is 0.153 e. The number of aromatic nitrogens is 2. The molecule has 0 saturated heterocycles. The zero-order chi connectivity index (χ0) is 12.0. The smallest absolute Gasteiger partial charge is 0.153 e. The highest BCUT2D eigenvalue weighted by Gasteiger charge is 2.11. The Morgan fingerprint density at radius 3 is 2.19 bits per heavy atom. The predicted molar refractivity (Wildman–Crippen MR) is 62.7 cm³/mol. The second-order valence-electron chi connectivity index (χ2n) is 3.26. The number of rotatable bonds is 6. The SMILES string of the molecule is CNc1nc(CCO)nc(CCO)c1NC. The first kappa shape index (κ1) is 12.7. The van der Waals surface area contributed by atoms with Crippen LogP contribution < -0.4 is 10.6 Å². The lowest BCUT2D eigenvalue weighted by Crippen LogP contribution is -2.11. The molecule has 1 heterocycles. The number of hydrogen-bond donors (Lipinski definition) is 4. The average molecular weight is 226 g/mol. The minimum absolute atomic E-state index is 0.0145. The van der Waals surface area contributed by atoms with E-state index in [4.69, 9.17) is 10.2 Å². The van der Waals surface area contributed by atoms with E-state index in [-0.39, 0.29) is 13.2 Å². The first-order chi connectivity index (χ1) is 7.76. The summed E-state index contributed by atoms with van der Waals surface area (Å²) in [6, 6.07) is 0. The van der Waals surface area contributed by atoms with Gasteiger partial charge in [-0.15, -0.1) is 0 Å². The van der Waals surface area contributed by atoms with Gasteiger partial charge in [0.1, 0.15) is 5.82 Å². The van der Waals surface area contributed by atoms with Crippen LogP contribution in [-0.4, -0.2) is 47.5 Å². The molecule has 6 nitrogen and oxygen atoms in total. The molecule has 0 fully saturated rings. The molecule has 0 spiro atoms. The standard InChI is InChI=1S/C10H18N4O2/c1-11-9-7(3-5-15)13-8(4-6-16)14-10(9)12-2/h11,15-16H,3-6H2,1-2H3,(H,12,13,14). The van der Waals surface area contributed by atoms with E-state index in [9.17, 15) is 0 Å². The molecule has 0 saturated carbocycles. The molecule has 0 aliphatic carbocycles. The van der Waals surface area contributed by atoms with Crippen LogP contribution in [0, 0.1) is 0 Å². The maximum atomic E-state index is 8.97. The van der Waals surface area contributed by atoms with Crippen LogP contribution in [0.3, 0.4) is 0 Å². The molecular weight excluding hydrogens is 208 g/mol. The second kappa shape index (κ2) is 6.24. The average Bonchev–Trinajstić information content (AvgIpc) is 2.29. The molecule has 0 aliphatic heterocycles. The molecule has 1 aromatic rings. The monoisotopic (exact) mass is 226 g/mol. The van der Waals surface area contributed by atoms with Crippen molar-refractivity contribution in [2.75, 3.05) is 37.9 Å². The molecule has 0 radical (unpaired) electrons. The first-order valence-electron chi connectivity index (χ1n) is 5.23. The van der Waals surface area contributed by atoms with Crippen molar-refractivity contribution in [3.63, 3.8) is 0 Å².